The van der Waals surface area contributed by atoms with Gasteiger partial charge in [0.15, 0.2) is 0 Å². The van der Waals surface area contributed by atoms with E-state index >= 15 is 0 Å². The van der Waals surface area contributed by atoms with Crippen LogP contribution in [0.4, 0.5) is 0 Å². The van der Waals surface area contributed by atoms with Crippen LogP contribution >= 0.6 is 23.2 Å². The van der Waals surface area contributed by atoms with Crippen molar-refractivity contribution >= 4 is 33.2 Å². The summed E-state index contributed by atoms with van der Waals surface area (Å²) in [5, 5.41) is 9.51. The molecule has 1 aliphatic rings. The summed E-state index contributed by atoms with van der Waals surface area (Å²) in [5.41, 5.74) is 0.347. The smallest absolute Gasteiger partial charge is 0.242 e. The van der Waals surface area contributed by atoms with Crippen molar-refractivity contribution in [3.05, 3.63) is 27.7 Å². The molecular weight excluding hydrogens is 333 g/mol. The number of hydrogen-bond acceptors (Lipinski definition) is 3. The predicted octanol–water partition coefficient (Wildman–Crippen LogP) is 3.34. The minimum atomic E-state index is -3.72. The summed E-state index contributed by atoms with van der Waals surface area (Å²) < 4.78 is 27.5. The van der Waals surface area contributed by atoms with Crippen molar-refractivity contribution in [1.29, 1.82) is 0 Å². The minimum Gasteiger partial charge on any atom is -0.392 e. The third kappa shape index (κ3) is 3.90. The lowest BCUT2D eigenvalue weighted by atomic mass is 9.89. The van der Waals surface area contributed by atoms with Crippen LogP contribution in [0.2, 0.25) is 10.0 Å². The number of halogens is 2. The third-order valence-corrected chi connectivity index (χ3v) is 6.28. The Morgan fingerprint density at radius 2 is 1.86 bits per heavy atom. The number of rotatable bonds is 5. The quantitative estimate of drug-likeness (QED) is 0.854. The fourth-order valence-corrected chi connectivity index (χ4v) is 4.71. The van der Waals surface area contributed by atoms with Gasteiger partial charge >= 0.3 is 0 Å². The SMILES string of the molecule is CC1(CNS(=O)(=O)c2cc(CO)c(Cl)cc2Cl)CCCC1. The molecule has 0 heterocycles. The van der Waals surface area contributed by atoms with E-state index < -0.39 is 10.0 Å². The minimum absolute atomic E-state index is 0.00573. The van der Waals surface area contributed by atoms with Gasteiger partial charge in [-0.2, -0.15) is 0 Å². The van der Waals surface area contributed by atoms with Crippen LogP contribution in [-0.2, 0) is 16.6 Å². The molecule has 0 bridgehead atoms. The Balaban J connectivity index is 2.23. The normalized spacial score (nSPS) is 18.1. The van der Waals surface area contributed by atoms with Crippen molar-refractivity contribution in [1.82, 2.24) is 4.72 Å². The first-order chi connectivity index (χ1) is 9.77. The van der Waals surface area contributed by atoms with Gasteiger partial charge in [0.25, 0.3) is 0 Å². The molecule has 0 amide bonds. The summed E-state index contributed by atoms with van der Waals surface area (Å²) in [4.78, 5) is -0.0424. The van der Waals surface area contributed by atoms with E-state index in [1.165, 1.54) is 12.1 Å². The maximum atomic E-state index is 12.4. The Kier molecular flexibility index (Phi) is 5.21. The van der Waals surface area contributed by atoms with Gasteiger partial charge in [0.2, 0.25) is 10.0 Å². The second-order valence-corrected chi connectivity index (χ2v) is 8.42. The number of aliphatic hydroxyl groups excluding tert-OH is 1. The molecule has 2 N–H and O–H groups in total. The van der Waals surface area contributed by atoms with E-state index in [2.05, 4.69) is 11.6 Å². The van der Waals surface area contributed by atoms with Crippen LogP contribution in [0.1, 0.15) is 38.2 Å². The molecular formula is C14H19Cl2NO3S. The van der Waals surface area contributed by atoms with Crippen LogP contribution < -0.4 is 4.72 Å². The Morgan fingerprint density at radius 3 is 2.43 bits per heavy atom. The second-order valence-electron chi connectivity index (χ2n) is 5.87. The monoisotopic (exact) mass is 351 g/mol. The Bertz CT molecular complexity index is 625. The first-order valence-corrected chi connectivity index (χ1v) is 9.10. The first-order valence-electron chi connectivity index (χ1n) is 6.86. The molecule has 0 radical (unpaired) electrons. The van der Waals surface area contributed by atoms with Gasteiger partial charge in [0.05, 0.1) is 11.6 Å². The highest BCUT2D eigenvalue weighted by Gasteiger charge is 2.31. The van der Waals surface area contributed by atoms with Gasteiger partial charge in [-0.3, -0.25) is 0 Å². The van der Waals surface area contributed by atoms with Crippen LogP contribution in [-0.4, -0.2) is 20.1 Å². The molecule has 0 spiro atoms. The number of aliphatic hydroxyl groups is 1. The van der Waals surface area contributed by atoms with Crippen LogP contribution in [0.15, 0.2) is 17.0 Å². The average Bonchev–Trinajstić information content (AvgIpc) is 2.84. The second kappa shape index (κ2) is 6.42. The van der Waals surface area contributed by atoms with Gasteiger partial charge < -0.3 is 5.11 Å². The highest BCUT2D eigenvalue weighted by molar-refractivity contribution is 7.89. The summed E-state index contributed by atoms with van der Waals surface area (Å²) >= 11 is 11.9. The van der Waals surface area contributed by atoms with Crippen molar-refractivity contribution in [3.63, 3.8) is 0 Å². The van der Waals surface area contributed by atoms with Crippen molar-refractivity contribution in [3.8, 4) is 0 Å². The highest BCUT2D eigenvalue weighted by atomic mass is 35.5. The molecule has 7 heteroatoms. The third-order valence-electron chi connectivity index (χ3n) is 4.06. The topological polar surface area (TPSA) is 66.4 Å². The van der Waals surface area contributed by atoms with E-state index in [-0.39, 0.29) is 27.0 Å². The summed E-state index contributed by atoms with van der Waals surface area (Å²) in [6.07, 6.45) is 4.31. The lowest BCUT2D eigenvalue weighted by Crippen LogP contribution is -2.34. The van der Waals surface area contributed by atoms with Crippen LogP contribution in [0.3, 0.4) is 0 Å². The molecule has 1 fully saturated rings. The van der Waals surface area contributed by atoms with Crippen molar-refractivity contribution in [2.45, 2.75) is 44.1 Å². The Morgan fingerprint density at radius 1 is 1.24 bits per heavy atom. The number of sulfonamides is 1. The number of hydrogen-bond donors (Lipinski definition) is 2. The van der Waals surface area contributed by atoms with Gasteiger partial charge in [-0.1, -0.05) is 43.0 Å². The molecule has 1 aromatic carbocycles. The van der Waals surface area contributed by atoms with Gasteiger partial charge in [-0.05, 0) is 36.0 Å². The van der Waals surface area contributed by atoms with Gasteiger partial charge in [0, 0.05) is 11.6 Å². The lowest BCUT2D eigenvalue weighted by molar-refractivity contribution is 0.281. The van der Waals surface area contributed by atoms with Crippen molar-refractivity contribution in [2.75, 3.05) is 6.54 Å². The fraction of sp³-hybridized carbons (Fsp3) is 0.571. The van der Waals surface area contributed by atoms with E-state index in [9.17, 15) is 13.5 Å². The molecule has 1 aromatic rings. The summed E-state index contributed by atoms with van der Waals surface area (Å²) in [6, 6.07) is 2.67. The number of nitrogens with one attached hydrogen (secondary N) is 1. The maximum absolute atomic E-state index is 12.4. The van der Waals surface area contributed by atoms with Crippen LogP contribution in [0.25, 0.3) is 0 Å². The first kappa shape index (κ1) is 17.0. The zero-order chi connectivity index (χ0) is 15.7. The van der Waals surface area contributed by atoms with Crippen molar-refractivity contribution in [2.24, 2.45) is 5.41 Å². The zero-order valence-electron chi connectivity index (χ0n) is 11.8. The average molecular weight is 352 g/mol. The standard InChI is InChI=1S/C14H19Cl2NO3S/c1-14(4-2-3-5-14)9-17-21(19,20)13-6-10(8-18)11(15)7-12(13)16/h6-7,17-18H,2-5,8-9H2,1H3. The fourth-order valence-electron chi connectivity index (χ4n) is 2.65. The van der Waals surface area contributed by atoms with E-state index in [0.29, 0.717) is 12.1 Å². The van der Waals surface area contributed by atoms with E-state index in [1.807, 2.05) is 0 Å². The molecule has 0 aliphatic heterocycles. The van der Waals surface area contributed by atoms with Crippen molar-refractivity contribution < 1.29 is 13.5 Å². The van der Waals surface area contributed by atoms with Gasteiger partial charge in [-0.15, -0.1) is 0 Å². The molecule has 4 nitrogen and oxygen atoms in total. The summed E-state index contributed by atoms with van der Waals surface area (Å²) in [7, 11) is -3.72. The summed E-state index contributed by atoms with van der Waals surface area (Å²) in [5.74, 6) is 0. The summed E-state index contributed by atoms with van der Waals surface area (Å²) in [6.45, 7) is 2.14. The molecule has 0 aromatic heterocycles. The Hall–Kier alpha value is -0.330. The molecule has 118 valence electrons. The Labute approximate surface area is 135 Å². The predicted molar refractivity (Wildman–Crippen MR) is 84.1 cm³/mol. The largest absolute Gasteiger partial charge is 0.392 e. The van der Waals surface area contributed by atoms with Gasteiger partial charge in [0.1, 0.15) is 4.90 Å². The molecule has 0 saturated heterocycles. The van der Waals surface area contributed by atoms with E-state index in [1.54, 1.807) is 0 Å². The lowest BCUT2D eigenvalue weighted by Gasteiger charge is -2.23. The maximum Gasteiger partial charge on any atom is 0.242 e. The zero-order valence-corrected chi connectivity index (χ0v) is 14.2. The van der Waals surface area contributed by atoms with Crippen LogP contribution in [0.5, 0.6) is 0 Å². The van der Waals surface area contributed by atoms with E-state index in [4.69, 9.17) is 23.2 Å². The molecule has 1 saturated carbocycles. The van der Waals surface area contributed by atoms with Gasteiger partial charge in [-0.25, -0.2) is 13.1 Å². The number of benzene rings is 1. The molecule has 0 unspecified atom stereocenters. The highest BCUT2D eigenvalue weighted by Crippen LogP contribution is 2.37. The molecule has 21 heavy (non-hydrogen) atoms. The van der Waals surface area contributed by atoms with Crippen LogP contribution in [0, 0.1) is 5.41 Å². The van der Waals surface area contributed by atoms with E-state index in [0.717, 1.165) is 25.7 Å². The molecule has 1 aliphatic carbocycles. The molecule has 2 rings (SSSR count). The molecule has 0 atom stereocenters.